The summed E-state index contributed by atoms with van der Waals surface area (Å²) in [6.07, 6.45) is 0.296. The van der Waals surface area contributed by atoms with E-state index in [0.29, 0.717) is 37.2 Å². The number of piperidine rings is 1. The Bertz CT molecular complexity index is 1060. The first-order chi connectivity index (χ1) is 15.7. The largest absolute Gasteiger partial charge is 0.444 e. The average molecular weight is 451 g/mol. The van der Waals surface area contributed by atoms with Crippen LogP contribution in [-0.4, -0.2) is 52.4 Å². The van der Waals surface area contributed by atoms with Crippen LogP contribution in [0.15, 0.2) is 48.5 Å². The number of hydrogen-bond donors (Lipinski definition) is 2. The van der Waals surface area contributed by atoms with Crippen molar-refractivity contribution < 1.29 is 19.1 Å². The van der Waals surface area contributed by atoms with Gasteiger partial charge in [0.15, 0.2) is 0 Å². The summed E-state index contributed by atoms with van der Waals surface area (Å²) >= 11 is 0. The molecule has 2 atom stereocenters. The lowest BCUT2D eigenvalue weighted by molar-refractivity contribution is 0.0109. The molecular formula is C25H30N4O4. The molecule has 0 radical (unpaired) electrons. The molecular weight excluding hydrogens is 420 g/mol. The Morgan fingerprint density at radius 1 is 1.12 bits per heavy atom. The zero-order valence-corrected chi connectivity index (χ0v) is 19.2. The Labute approximate surface area is 193 Å². The fourth-order valence-corrected chi connectivity index (χ4v) is 4.65. The van der Waals surface area contributed by atoms with Crippen molar-refractivity contribution in [2.45, 2.75) is 51.3 Å². The normalized spacial score (nSPS) is 20.4. The molecule has 33 heavy (non-hydrogen) atoms. The smallest absolute Gasteiger partial charge is 0.410 e. The van der Waals surface area contributed by atoms with Gasteiger partial charge in [-0.2, -0.15) is 0 Å². The van der Waals surface area contributed by atoms with Gasteiger partial charge in [0.25, 0.3) is 11.8 Å². The number of carbonyl (C=O) groups excluding carboxylic acids is 3. The van der Waals surface area contributed by atoms with Crippen LogP contribution in [0.1, 0.15) is 65.0 Å². The van der Waals surface area contributed by atoms with Gasteiger partial charge in [0, 0.05) is 42.7 Å². The molecule has 2 aliphatic rings. The van der Waals surface area contributed by atoms with Gasteiger partial charge < -0.3 is 14.5 Å². The number of nitrogens with two attached hydrogens (primary N) is 1. The topological polar surface area (TPSA) is 105 Å². The number of nitrogen functional groups attached to an aromatic ring is 1. The van der Waals surface area contributed by atoms with Crippen LogP contribution in [0.4, 0.5) is 4.79 Å². The van der Waals surface area contributed by atoms with Gasteiger partial charge >= 0.3 is 6.09 Å². The number of nitrogens with zero attached hydrogens (tertiary/aromatic N) is 2. The molecule has 0 unspecified atom stereocenters. The van der Waals surface area contributed by atoms with Gasteiger partial charge in [-0.25, -0.2) is 10.6 Å². The molecule has 1 fully saturated rings. The summed E-state index contributed by atoms with van der Waals surface area (Å²) in [5, 5.41) is 0. The highest BCUT2D eigenvalue weighted by Crippen LogP contribution is 2.36. The fraction of sp³-hybridized carbons (Fsp3) is 0.400. The van der Waals surface area contributed by atoms with Crippen molar-refractivity contribution in [3.05, 3.63) is 70.8 Å². The molecule has 8 nitrogen and oxygen atoms in total. The number of hydrazine groups is 1. The number of carbonyl (C=O) groups is 3. The third kappa shape index (κ3) is 4.71. The first kappa shape index (κ1) is 22.8. The van der Waals surface area contributed by atoms with Gasteiger partial charge in [-0.05, 0) is 50.5 Å². The molecule has 0 spiro atoms. The molecule has 0 aliphatic carbocycles. The number of rotatable bonds is 3. The van der Waals surface area contributed by atoms with E-state index in [4.69, 9.17) is 10.6 Å². The third-order valence-electron chi connectivity index (χ3n) is 6.19. The Kier molecular flexibility index (Phi) is 6.12. The van der Waals surface area contributed by atoms with Crippen molar-refractivity contribution in [2.75, 3.05) is 13.1 Å². The number of hydrogen-bond acceptors (Lipinski definition) is 5. The van der Waals surface area contributed by atoms with E-state index in [9.17, 15) is 14.4 Å². The first-order valence-corrected chi connectivity index (χ1v) is 11.2. The summed E-state index contributed by atoms with van der Waals surface area (Å²) in [7, 11) is 0. The molecule has 8 heteroatoms. The first-order valence-electron chi connectivity index (χ1n) is 11.2. The predicted octanol–water partition coefficient (Wildman–Crippen LogP) is 3.04. The quantitative estimate of drug-likeness (QED) is 0.425. The molecule has 0 bridgehead atoms. The van der Waals surface area contributed by atoms with E-state index in [0.717, 1.165) is 11.1 Å². The Hall–Kier alpha value is -3.39. The summed E-state index contributed by atoms with van der Waals surface area (Å²) in [6.45, 7) is 7.00. The molecule has 2 aromatic rings. The molecule has 2 heterocycles. The Morgan fingerprint density at radius 3 is 2.52 bits per heavy atom. The van der Waals surface area contributed by atoms with Crippen LogP contribution in [0.2, 0.25) is 0 Å². The average Bonchev–Trinajstić information content (AvgIpc) is 3.13. The minimum absolute atomic E-state index is 0.0578. The minimum Gasteiger partial charge on any atom is -0.444 e. The SMILES string of the molecule is CC(C)(C)OC(=O)N1CC[C@@H](N2Cc3ccc(C(=O)NN)cc3C2=O)[C@@H](c2ccccc2)C1. The summed E-state index contributed by atoms with van der Waals surface area (Å²) < 4.78 is 5.60. The van der Waals surface area contributed by atoms with E-state index in [-0.39, 0.29) is 24.0 Å². The van der Waals surface area contributed by atoms with E-state index < -0.39 is 11.5 Å². The molecule has 2 aromatic carbocycles. The van der Waals surface area contributed by atoms with E-state index in [2.05, 4.69) is 5.43 Å². The molecule has 0 aromatic heterocycles. The Balaban J connectivity index is 1.60. The van der Waals surface area contributed by atoms with Crippen LogP contribution in [0.25, 0.3) is 0 Å². The summed E-state index contributed by atoms with van der Waals surface area (Å²) in [6, 6.07) is 15.0. The van der Waals surface area contributed by atoms with Gasteiger partial charge in [-0.3, -0.25) is 15.0 Å². The highest BCUT2D eigenvalue weighted by atomic mass is 16.6. The van der Waals surface area contributed by atoms with Gasteiger partial charge in [0.05, 0.1) is 0 Å². The second kappa shape index (κ2) is 8.86. The second-order valence-electron chi connectivity index (χ2n) is 9.58. The van der Waals surface area contributed by atoms with Crippen LogP contribution < -0.4 is 11.3 Å². The van der Waals surface area contributed by atoms with Crippen molar-refractivity contribution in [1.82, 2.24) is 15.2 Å². The molecule has 3 amide bonds. The van der Waals surface area contributed by atoms with Gasteiger partial charge in [-0.1, -0.05) is 36.4 Å². The van der Waals surface area contributed by atoms with Gasteiger partial charge in [-0.15, -0.1) is 0 Å². The summed E-state index contributed by atoms with van der Waals surface area (Å²) in [5.41, 5.74) is 4.37. The lowest BCUT2D eigenvalue weighted by Gasteiger charge is -2.43. The summed E-state index contributed by atoms with van der Waals surface area (Å²) in [5.74, 6) is 4.65. The third-order valence-corrected chi connectivity index (χ3v) is 6.19. The van der Waals surface area contributed by atoms with E-state index in [1.165, 1.54) is 0 Å². The standard InChI is InChI=1S/C25H30N4O4/c1-25(2,3)33-24(32)28-12-11-21(20(15-28)16-7-5-4-6-8-16)29-14-18-10-9-17(22(30)27-26)13-19(18)23(29)31/h4-10,13,20-21H,11-12,14-15,26H2,1-3H3,(H,27,30)/t20-,21-/m1/s1. The minimum atomic E-state index is -0.573. The van der Waals surface area contributed by atoms with Crippen molar-refractivity contribution in [3.63, 3.8) is 0 Å². The number of amides is 3. The zero-order valence-electron chi connectivity index (χ0n) is 19.2. The number of ether oxygens (including phenoxy) is 1. The van der Waals surface area contributed by atoms with Crippen LogP contribution in [0.5, 0.6) is 0 Å². The molecule has 2 aliphatic heterocycles. The van der Waals surface area contributed by atoms with Crippen molar-refractivity contribution in [2.24, 2.45) is 5.84 Å². The molecule has 1 saturated heterocycles. The van der Waals surface area contributed by atoms with Crippen LogP contribution in [0, 0.1) is 0 Å². The van der Waals surface area contributed by atoms with E-state index >= 15 is 0 Å². The maximum Gasteiger partial charge on any atom is 0.410 e. The lowest BCUT2D eigenvalue weighted by Crippen LogP contribution is -2.52. The van der Waals surface area contributed by atoms with Crippen LogP contribution in [-0.2, 0) is 11.3 Å². The lowest BCUT2D eigenvalue weighted by atomic mass is 9.85. The zero-order chi connectivity index (χ0) is 23.8. The second-order valence-corrected chi connectivity index (χ2v) is 9.58. The number of nitrogens with one attached hydrogen (secondary N) is 1. The predicted molar refractivity (Wildman–Crippen MR) is 123 cm³/mol. The number of fused-ring (bicyclic) bond motifs is 1. The monoisotopic (exact) mass is 450 g/mol. The summed E-state index contributed by atoms with van der Waals surface area (Å²) in [4.78, 5) is 41.7. The van der Waals surface area contributed by atoms with Gasteiger partial charge in [0.2, 0.25) is 0 Å². The highest BCUT2D eigenvalue weighted by molar-refractivity contribution is 6.02. The van der Waals surface area contributed by atoms with Crippen LogP contribution >= 0.6 is 0 Å². The molecule has 3 N–H and O–H groups in total. The molecule has 0 saturated carbocycles. The van der Waals surface area contributed by atoms with Gasteiger partial charge in [0.1, 0.15) is 5.60 Å². The van der Waals surface area contributed by atoms with E-state index in [1.54, 1.807) is 17.0 Å². The fourth-order valence-electron chi connectivity index (χ4n) is 4.65. The van der Waals surface area contributed by atoms with Crippen LogP contribution in [0.3, 0.4) is 0 Å². The maximum absolute atomic E-state index is 13.4. The molecule has 4 rings (SSSR count). The van der Waals surface area contributed by atoms with Crippen molar-refractivity contribution >= 4 is 17.9 Å². The highest BCUT2D eigenvalue weighted by Gasteiger charge is 2.42. The Morgan fingerprint density at radius 2 is 1.85 bits per heavy atom. The maximum atomic E-state index is 13.4. The van der Waals surface area contributed by atoms with Crippen molar-refractivity contribution in [3.8, 4) is 0 Å². The number of likely N-dealkylation sites (tertiary alicyclic amines) is 1. The molecule has 174 valence electrons. The van der Waals surface area contributed by atoms with E-state index in [1.807, 2.05) is 62.1 Å². The van der Waals surface area contributed by atoms with Crippen molar-refractivity contribution in [1.29, 1.82) is 0 Å². The number of benzene rings is 2.